The van der Waals surface area contributed by atoms with Gasteiger partial charge in [0.25, 0.3) is 0 Å². The molecule has 23 heavy (non-hydrogen) atoms. The van der Waals surface area contributed by atoms with E-state index in [1.807, 2.05) is 42.5 Å². The second kappa shape index (κ2) is 8.25. The second-order valence-electron chi connectivity index (χ2n) is 5.14. The van der Waals surface area contributed by atoms with E-state index >= 15 is 0 Å². The minimum atomic E-state index is -3.77. The minimum absolute atomic E-state index is 0.115. The van der Waals surface area contributed by atoms with Crippen LogP contribution in [0.4, 0.5) is 0 Å². The van der Waals surface area contributed by atoms with Crippen molar-refractivity contribution >= 4 is 24.3 Å². The molecule has 2 rings (SSSR count). The maximum absolute atomic E-state index is 11.9. The van der Waals surface area contributed by atoms with Gasteiger partial charge < -0.3 is 14.2 Å². The third-order valence-corrected chi connectivity index (χ3v) is 4.82. The highest BCUT2D eigenvalue weighted by Crippen LogP contribution is 2.42. The second-order valence-corrected chi connectivity index (χ2v) is 7.12. The number of hydrogen-bond acceptors (Lipinski definition) is 4. The Labute approximate surface area is 135 Å². The van der Waals surface area contributed by atoms with E-state index < -0.39 is 13.6 Å². The predicted octanol–water partition coefficient (Wildman–Crippen LogP) is 3.54. The zero-order valence-electron chi connectivity index (χ0n) is 13.1. The van der Waals surface area contributed by atoms with E-state index in [0.717, 1.165) is 16.3 Å². The Morgan fingerprint density at radius 3 is 2.70 bits per heavy atom. The van der Waals surface area contributed by atoms with Crippen molar-refractivity contribution in [3.8, 4) is 0 Å². The van der Waals surface area contributed by atoms with Gasteiger partial charge in [0.05, 0.1) is 25.8 Å². The number of benzene rings is 2. The van der Waals surface area contributed by atoms with Crippen molar-refractivity contribution in [2.75, 3.05) is 19.4 Å². The lowest BCUT2D eigenvalue weighted by Crippen LogP contribution is -2.08. The first-order valence-corrected chi connectivity index (χ1v) is 9.37. The Hall–Kier alpha value is -1.68. The molecule has 1 unspecified atom stereocenters. The highest BCUT2D eigenvalue weighted by molar-refractivity contribution is 7.52. The summed E-state index contributed by atoms with van der Waals surface area (Å²) in [5.41, 5.74) is 1.06. The van der Waals surface area contributed by atoms with Crippen molar-refractivity contribution in [3.63, 3.8) is 0 Å². The van der Waals surface area contributed by atoms with Gasteiger partial charge in [-0.05, 0) is 29.7 Å². The van der Waals surface area contributed by atoms with Gasteiger partial charge in [0.1, 0.15) is 0 Å². The van der Waals surface area contributed by atoms with E-state index in [9.17, 15) is 14.3 Å². The number of esters is 1. The average molecular weight is 336 g/mol. The molecule has 0 spiro atoms. The third kappa shape index (κ3) is 5.47. The maximum atomic E-state index is 11.9. The van der Waals surface area contributed by atoms with Crippen molar-refractivity contribution in [1.29, 1.82) is 0 Å². The lowest BCUT2D eigenvalue weighted by Gasteiger charge is -2.12. The maximum Gasteiger partial charge on any atom is 0.328 e. The van der Waals surface area contributed by atoms with Crippen molar-refractivity contribution in [1.82, 2.24) is 0 Å². The molecule has 0 saturated carbocycles. The summed E-state index contributed by atoms with van der Waals surface area (Å²) >= 11 is 0. The molecule has 6 heteroatoms. The molecule has 0 bridgehead atoms. The molecular formula is C17H21O5P. The molecule has 124 valence electrons. The van der Waals surface area contributed by atoms with Gasteiger partial charge in [-0.2, -0.15) is 0 Å². The summed E-state index contributed by atoms with van der Waals surface area (Å²) in [6.07, 6.45) is 0.197. The molecule has 0 aliphatic heterocycles. The van der Waals surface area contributed by atoms with E-state index in [4.69, 9.17) is 9.26 Å². The fourth-order valence-electron chi connectivity index (χ4n) is 2.34. The summed E-state index contributed by atoms with van der Waals surface area (Å²) in [7, 11) is -3.77. The molecule has 0 aliphatic rings. The summed E-state index contributed by atoms with van der Waals surface area (Å²) in [4.78, 5) is 21.0. The highest BCUT2D eigenvalue weighted by Gasteiger charge is 2.21. The van der Waals surface area contributed by atoms with Crippen LogP contribution >= 0.6 is 7.60 Å². The van der Waals surface area contributed by atoms with Crippen molar-refractivity contribution < 1.29 is 23.5 Å². The van der Waals surface area contributed by atoms with Crippen LogP contribution in [0.3, 0.4) is 0 Å². The van der Waals surface area contributed by atoms with Crippen LogP contribution in [0.2, 0.25) is 0 Å². The molecule has 0 amide bonds. The van der Waals surface area contributed by atoms with E-state index in [2.05, 4.69) is 0 Å². The lowest BCUT2D eigenvalue weighted by atomic mass is 10.0. The molecular weight excluding hydrogens is 315 g/mol. The van der Waals surface area contributed by atoms with Gasteiger partial charge in [-0.3, -0.25) is 9.36 Å². The van der Waals surface area contributed by atoms with Crippen LogP contribution in [-0.2, 0) is 25.0 Å². The number of fused-ring (bicyclic) bond motifs is 1. The number of rotatable bonds is 8. The third-order valence-electron chi connectivity index (χ3n) is 3.45. The Kier molecular flexibility index (Phi) is 6.34. The molecule has 0 fully saturated rings. The summed E-state index contributed by atoms with van der Waals surface area (Å²) < 4.78 is 21.7. The van der Waals surface area contributed by atoms with Crippen LogP contribution in [0, 0.1) is 0 Å². The molecule has 2 aromatic carbocycles. The van der Waals surface area contributed by atoms with Crippen LogP contribution in [0.5, 0.6) is 0 Å². The molecule has 5 nitrogen and oxygen atoms in total. The molecule has 0 aromatic heterocycles. The number of carbonyl (C=O) groups is 1. The van der Waals surface area contributed by atoms with Gasteiger partial charge in [0.2, 0.25) is 0 Å². The van der Waals surface area contributed by atoms with E-state index in [1.165, 1.54) is 0 Å². The summed E-state index contributed by atoms with van der Waals surface area (Å²) in [6.45, 7) is 2.08. The fourth-order valence-corrected chi connectivity index (χ4v) is 3.31. The number of carbonyl (C=O) groups excluding carboxylic acids is 1. The first kappa shape index (κ1) is 17.7. The van der Waals surface area contributed by atoms with Crippen LogP contribution < -0.4 is 0 Å². The largest absolute Gasteiger partial charge is 0.466 e. The summed E-state index contributed by atoms with van der Waals surface area (Å²) in [5.74, 6) is -0.487. The van der Waals surface area contributed by atoms with E-state index in [1.54, 1.807) is 6.92 Å². The minimum Gasteiger partial charge on any atom is -0.466 e. The molecule has 0 radical (unpaired) electrons. The topological polar surface area (TPSA) is 72.8 Å². The summed E-state index contributed by atoms with van der Waals surface area (Å²) in [6, 6.07) is 13.9. The Bertz CT molecular complexity index is 708. The van der Waals surface area contributed by atoms with Crippen molar-refractivity contribution in [2.45, 2.75) is 19.8 Å². The number of hydrogen-bond donors (Lipinski definition) is 1. The first-order valence-electron chi connectivity index (χ1n) is 7.60. The zero-order valence-corrected chi connectivity index (χ0v) is 14.0. The van der Waals surface area contributed by atoms with Gasteiger partial charge in [-0.1, -0.05) is 42.5 Å². The number of ether oxygens (including phenoxy) is 1. The quantitative estimate of drug-likeness (QED) is 0.590. The Morgan fingerprint density at radius 2 is 1.91 bits per heavy atom. The van der Waals surface area contributed by atoms with E-state index in [0.29, 0.717) is 6.42 Å². The Balaban J connectivity index is 1.88. The SMILES string of the molecule is CCOC(=O)CCP(=O)(O)OCCc1cccc2ccccc12. The molecule has 0 aliphatic carbocycles. The zero-order chi connectivity index (χ0) is 16.7. The predicted molar refractivity (Wildman–Crippen MR) is 89.5 cm³/mol. The molecule has 0 saturated heterocycles. The normalized spacial score (nSPS) is 13.7. The van der Waals surface area contributed by atoms with Crippen LogP contribution in [0.25, 0.3) is 10.8 Å². The molecule has 1 N–H and O–H groups in total. The van der Waals surface area contributed by atoms with Gasteiger partial charge >= 0.3 is 13.6 Å². The Morgan fingerprint density at radius 1 is 1.17 bits per heavy atom. The van der Waals surface area contributed by atoms with Gasteiger partial charge in [-0.25, -0.2) is 0 Å². The van der Waals surface area contributed by atoms with Crippen molar-refractivity contribution in [2.24, 2.45) is 0 Å². The summed E-state index contributed by atoms with van der Waals surface area (Å²) in [5, 5.41) is 2.23. The fraction of sp³-hybridized carbons (Fsp3) is 0.353. The smallest absolute Gasteiger partial charge is 0.328 e. The first-order chi connectivity index (χ1) is 11.0. The lowest BCUT2D eigenvalue weighted by molar-refractivity contribution is -0.142. The average Bonchev–Trinajstić information content (AvgIpc) is 2.53. The van der Waals surface area contributed by atoms with Gasteiger partial charge in [0.15, 0.2) is 0 Å². The standard InChI is InChI=1S/C17H21O5P/c1-2-21-17(18)11-13-23(19,20)22-12-10-15-8-5-7-14-6-3-4-9-16(14)15/h3-9H,2,10-13H2,1H3,(H,19,20). The van der Waals surface area contributed by atoms with Gasteiger partial charge in [-0.15, -0.1) is 0 Å². The van der Waals surface area contributed by atoms with Crippen LogP contribution in [-0.4, -0.2) is 30.2 Å². The molecule has 0 heterocycles. The molecule has 1 atom stereocenters. The highest BCUT2D eigenvalue weighted by atomic mass is 31.2. The van der Waals surface area contributed by atoms with Crippen molar-refractivity contribution in [3.05, 3.63) is 48.0 Å². The monoisotopic (exact) mass is 336 g/mol. The van der Waals surface area contributed by atoms with Crippen LogP contribution in [0.15, 0.2) is 42.5 Å². The van der Waals surface area contributed by atoms with Gasteiger partial charge in [0, 0.05) is 0 Å². The molecule has 2 aromatic rings. The van der Waals surface area contributed by atoms with E-state index in [-0.39, 0.29) is 25.8 Å². The van der Waals surface area contributed by atoms with Crippen LogP contribution in [0.1, 0.15) is 18.9 Å².